The van der Waals surface area contributed by atoms with Crippen molar-refractivity contribution in [3.63, 3.8) is 0 Å². The minimum Gasteiger partial charge on any atom is -0.491 e. The highest BCUT2D eigenvalue weighted by Gasteiger charge is 2.30. The summed E-state index contributed by atoms with van der Waals surface area (Å²) in [6, 6.07) is 17.8. The first kappa shape index (κ1) is 22.5. The van der Waals surface area contributed by atoms with Crippen LogP contribution in [-0.4, -0.2) is 28.7 Å². The SMILES string of the molecule is Cc1nc(CC(=O)Nc2ccc(C[C@@H]3CC[C@H]([C@H](O)COc4ccccc4)C3)cc2)cs1. The number of ether oxygens (including phenoxy) is 1. The Morgan fingerprint density at radius 1 is 1.19 bits per heavy atom. The van der Waals surface area contributed by atoms with Gasteiger partial charge in [0.15, 0.2) is 0 Å². The van der Waals surface area contributed by atoms with Gasteiger partial charge >= 0.3 is 0 Å². The van der Waals surface area contributed by atoms with E-state index in [1.165, 1.54) is 5.56 Å². The molecular formula is C26H30N2O3S. The maximum absolute atomic E-state index is 12.2. The van der Waals surface area contributed by atoms with Gasteiger partial charge in [0.1, 0.15) is 12.4 Å². The summed E-state index contributed by atoms with van der Waals surface area (Å²) >= 11 is 1.56. The normalized spacial score (nSPS) is 18.9. The number of hydrogen-bond donors (Lipinski definition) is 2. The average molecular weight is 451 g/mol. The number of anilines is 1. The van der Waals surface area contributed by atoms with Crippen molar-refractivity contribution in [3.05, 3.63) is 76.2 Å². The molecule has 0 spiro atoms. The van der Waals surface area contributed by atoms with Crippen LogP contribution in [0.15, 0.2) is 60.0 Å². The Hall–Kier alpha value is -2.70. The summed E-state index contributed by atoms with van der Waals surface area (Å²) in [5.74, 6) is 1.61. The van der Waals surface area contributed by atoms with Crippen LogP contribution in [0, 0.1) is 18.8 Å². The fraction of sp³-hybridized carbons (Fsp3) is 0.385. The number of rotatable bonds is 9. The summed E-state index contributed by atoms with van der Waals surface area (Å²) in [6.45, 7) is 2.28. The summed E-state index contributed by atoms with van der Waals surface area (Å²) < 4.78 is 5.73. The molecule has 1 saturated carbocycles. The van der Waals surface area contributed by atoms with Crippen molar-refractivity contribution in [1.29, 1.82) is 0 Å². The maximum atomic E-state index is 12.2. The highest BCUT2D eigenvalue weighted by Crippen LogP contribution is 2.35. The van der Waals surface area contributed by atoms with Crippen LogP contribution in [0.2, 0.25) is 0 Å². The molecule has 1 aromatic heterocycles. The van der Waals surface area contributed by atoms with Gasteiger partial charge in [-0.25, -0.2) is 4.98 Å². The van der Waals surface area contributed by atoms with E-state index in [1.54, 1.807) is 11.3 Å². The molecule has 0 aliphatic heterocycles. The van der Waals surface area contributed by atoms with Crippen LogP contribution in [0.25, 0.3) is 0 Å². The number of amides is 1. The molecule has 3 atom stereocenters. The third-order valence-corrected chi connectivity index (χ3v) is 6.88. The standard InChI is InChI=1S/C26H30N2O3S/c1-18-27-23(17-32-18)15-26(30)28-22-11-8-19(9-12-22)13-20-7-10-21(14-20)25(29)16-31-24-5-3-2-4-6-24/h2-6,8-9,11-12,17,20-21,25,29H,7,10,13-16H2,1H3,(H,28,30)/t20-,21-,25+/m0/s1. The number of aliphatic hydroxyl groups is 1. The van der Waals surface area contributed by atoms with E-state index in [9.17, 15) is 9.90 Å². The van der Waals surface area contributed by atoms with Crippen molar-refractivity contribution in [1.82, 2.24) is 4.98 Å². The molecule has 1 amide bonds. The van der Waals surface area contributed by atoms with Gasteiger partial charge in [-0.2, -0.15) is 0 Å². The van der Waals surface area contributed by atoms with Crippen LogP contribution in [-0.2, 0) is 17.6 Å². The van der Waals surface area contributed by atoms with Crippen LogP contribution in [0.4, 0.5) is 5.69 Å². The summed E-state index contributed by atoms with van der Waals surface area (Å²) in [4.78, 5) is 16.6. The molecule has 2 N–H and O–H groups in total. The van der Waals surface area contributed by atoms with Crippen molar-refractivity contribution in [2.45, 2.75) is 45.1 Å². The van der Waals surface area contributed by atoms with E-state index in [-0.39, 0.29) is 11.8 Å². The lowest BCUT2D eigenvalue weighted by atomic mass is 9.95. The molecular weight excluding hydrogens is 420 g/mol. The number of aryl methyl sites for hydroxylation is 1. The Balaban J connectivity index is 1.21. The van der Waals surface area contributed by atoms with Gasteiger partial charge in [-0.3, -0.25) is 4.79 Å². The monoisotopic (exact) mass is 450 g/mol. The van der Waals surface area contributed by atoms with E-state index in [0.29, 0.717) is 18.9 Å². The Kier molecular flexibility index (Phi) is 7.55. The highest BCUT2D eigenvalue weighted by molar-refractivity contribution is 7.09. The lowest BCUT2D eigenvalue weighted by Crippen LogP contribution is -2.25. The van der Waals surface area contributed by atoms with Crippen molar-refractivity contribution in [2.75, 3.05) is 11.9 Å². The van der Waals surface area contributed by atoms with Gasteiger partial charge in [0.25, 0.3) is 0 Å². The predicted molar refractivity (Wildman–Crippen MR) is 128 cm³/mol. The summed E-state index contributed by atoms with van der Waals surface area (Å²) in [6.07, 6.45) is 4.04. The van der Waals surface area contributed by atoms with Gasteiger partial charge < -0.3 is 15.2 Å². The van der Waals surface area contributed by atoms with Gasteiger partial charge in [-0.1, -0.05) is 30.3 Å². The molecule has 3 aromatic rings. The van der Waals surface area contributed by atoms with Crippen LogP contribution in [0.5, 0.6) is 5.75 Å². The first-order valence-corrected chi connectivity index (χ1v) is 12.1. The number of hydrogen-bond acceptors (Lipinski definition) is 5. The van der Waals surface area contributed by atoms with E-state index in [0.717, 1.165) is 47.8 Å². The van der Waals surface area contributed by atoms with Gasteiger partial charge in [0.2, 0.25) is 5.91 Å². The number of nitrogens with zero attached hydrogens (tertiary/aromatic N) is 1. The number of aromatic nitrogens is 1. The quantitative estimate of drug-likeness (QED) is 0.480. The van der Waals surface area contributed by atoms with Crippen LogP contribution in [0.3, 0.4) is 0 Å². The van der Waals surface area contributed by atoms with E-state index in [1.807, 2.05) is 54.8 Å². The van der Waals surface area contributed by atoms with E-state index >= 15 is 0 Å². The lowest BCUT2D eigenvalue weighted by Gasteiger charge is -2.19. The molecule has 168 valence electrons. The van der Waals surface area contributed by atoms with Gasteiger partial charge in [0, 0.05) is 11.1 Å². The zero-order valence-electron chi connectivity index (χ0n) is 18.4. The zero-order chi connectivity index (χ0) is 22.3. The molecule has 0 unspecified atom stereocenters. The Morgan fingerprint density at radius 3 is 2.69 bits per heavy atom. The number of carbonyl (C=O) groups is 1. The van der Waals surface area contributed by atoms with E-state index < -0.39 is 6.10 Å². The molecule has 6 heteroatoms. The first-order valence-electron chi connectivity index (χ1n) is 11.2. The molecule has 1 aliphatic carbocycles. The van der Waals surface area contributed by atoms with Crippen molar-refractivity contribution in [2.24, 2.45) is 11.8 Å². The fourth-order valence-electron chi connectivity index (χ4n) is 4.40. The predicted octanol–water partition coefficient (Wildman–Crippen LogP) is 5.03. The number of thiazole rings is 1. The molecule has 4 rings (SSSR count). The minimum atomic E-state index is -0.431. The molecule has 1 aliphatic rings. The summed E-state index contributed by atoms with van der Waals surface area (Å²) in [7, 11) is 0. The topological polar surface area (TPSA) is 71.5 Å². The third kappa shape index (κ3) is 6.40. The molecule has 0 saturated heterocycles. The second-order valence-corrected chi connectivity index (χ2v) is 9.68. The highest BCUT2D eigenvalue weighted by atomic mass is 32.1. The molecule has 1 heterocycles. The largest absolute Gasteiger partial charge is 0.491 e. The zero-order valence-corrected chi connectivity index (χ0v) is 19.2. The van der Waals surface area contributed by atoms with Crippen molar-refractivity contribution < 1.29 is 14.6 Å². The number of carbonyl (C=O) groups excluding carboxylic acids is 1. The summed E-state index contributed by atoms with van der Waals surface area (Å²) in [5, 5.41) is 16.4. The number of nitrogens with one attached hydrogen (secondary N) is 1. The lowest BCUT2D eigenvalue weighted by molar-refractivity contribution is -0.115. The molecule has 32 heavy (non-hydrogen) atoms. The van der Waals surface area contributed by atoms with Crippen LogP contribution >= 0.6 is 11.3 Å². The number of para-hydroxylation sites is 1. The van der Waals surface area contributed by atoms with E-state index in [2.05, 4.69) is 22.4 Å². The second kappa shape index (κ2) is 10.7. The molecule has 0 bridgehead atoms. The molecule has 1 fully saturated rings. The third-order valence-electron chi connectivity index (χ3n) is 6.06. The van der Waals surface area contributed by atoms with Gasteiger partial charge in [-0.05, 0) is 74.3 Å². The average Bonchev–Trinajstić information content (AvgIpc) is 3.43. The maximum Gasteiger partial charge on any atom is 0.230 e. The van der Waals surface area contributed by atoms with Crippen LogP contribution < -0.4 is 10.1 Å². The second-order valence-electron chi connectivity index (χ2n) is 8.61. The Bertz CT molecular complexity index is 1000. The smallest absolute Gasteiger partial charge is 0.230 e. The van der Waals surface area contributed by atoms with Crippen LogP contribution in [0.1, 0.15) is 35.5 Å². The number of aliphatic hydroxyl groups excluding tert-OH is 1. The molecule has 5 nitrogen and oxygen atoms in total. The fourth-order valence-corrected chi connectivity index (χ4v) is 5.01. The molecule has 0 radical (unpaired) electrons. The van der Waals surface area contributed by atoms with Crippen molar-refractivity contribution in [3.8, 4) is 5.75 Å². The first-order chi connectivity index (χ1) is 15.5. The van der Waals surface area contributed by atoms with Gasteiger partial charge in [0.05, 0.1) is 23.2 Å². The summed E-state index contributed by atoms with van der Waals surface area (Å²) in [5.41, 5.74) is 2.89. The van der Waals surface area contributed by atoms with Crippen molar-refractivity contribution >= 4 is 22.9 Å². The van der Waals surface area contributed by atoms with E-state index in [4.69, 9.17) is 4.74 Å². The Morgan fingerprint density at radius 2 is 1.97 bits per heavy atom. The Labute approximate surface area is 193 Å². The minimum absolute atomic E-state index is 0.0478. The number of benzene rings is 2. The molecule has 2 aromatic carbocycles. The van der Waals surface area contributed by atoms with Gasteiger partial charge in [-0.15, -0.1) is 11.3 Å².